The Morgan fingerprint density at radius 1 is 1.26 bits per heavy atom. The number of benzene rings is 1. The van der Waals surface area contributed by atoms with Gasteiger partial charge in [0.1, 0.15) is 12.2 Å². The minimum Gasteiger partial charge on any atom is -0.495 e. The second-order valence-corrected chi connectivity index (χ2v) is 4.65. The van der Waals surface area contributed by atoms with E-state index in [1.165, 1.54) is 7.11 Å². The molecule has 2 amide bonds. The maximum Gasteiger partial charge on any atom is 0.233 e. The number of aryl methyl sites for hydroxylation is 1. The fourth-order valence-electron chi connectivity index (χ4n) is 1.63. The van der Waals surface area contributed by atoms with Crippen LogP contribution in [0.5, 0.6) is 5.75 Å². The van der Waals surface area contributed by atoms with Crippen molar-refractivity contribution in [1.29, 1.82) is 0 Å². The van der Waals surface area contributed by atoms with Gasteiger partial charge in [0.2, 0.25) is 11.8 Å². The molecule has 0 unspecified atom stereocenters. The molecule has 0 saturated carbocycles. The van der Waals surface area contributed by atoms with Gasteiger partial charge in [-0.15, -0.1) is 0 Å². The van der Waals surface area contributed by atoms with Crippen LogP contribution in [0.15, 0.2) is 18.2 Å². The summed E-state index contributed by atoms with van der Waals surface area (Å²) >= 11 is 0. The molecule has 0 heterocycles. The summed E-state index contributed by atoms with van der Waals surface area (Å²) in [7, 11) is 1.53. The van der Waals surface area contributed by atoms with Crippen LogP contribution in [0, 0.1) is 6.92 Å². The topological polar surface area (TPSA) is 67.4 Å². The summed E-state index contributed by atoms with van der Waals surface area (Å²) in [6, 6.07) is 5.49. The molecule has 1 rings (SSSR count). The van der Waals surface area contributed by atoms with E-state index in [4.69, 9.17) is 4.74 Å². The van der Waals surface area contributed by atoms with Gasteiger partial charge in [0.15, 0.2) is 0 Å². The number of carbonyl (C=O) groups excluding carboxylic acids is 2. The van der Waals surface area contributed by atoms with Crippen molar-refractivity contribution in [2.45, 2.75) is 33.2 Å². The predicted octanol–water partition coefficient (Wildman–Crippen LogP) is 1.86. The molecule has 0 saturated heterocycles. The molecule has 0 aliphatic heterocycles. The van der Waals surface area contributed by atoms with E-state index in [0.717, 1.165) is 5.56 Å². The van der Waals surface area contributed by atoms with Gasteiger partial charge in [0.05, 0.1) is 12.8 Å². The van der Waals surface area contributed by atoms with Crippen LogP contribution in [-0.4, -0.2) is 25.0 Å². The zero-order valence-electron chi connectivity index (χ0n) is 11.7. The number of anilines is 1. The lowest BCUT2D eigenvalue weighted by molar-refractivity contribution is -0.127. The highest BCUT2D eigenvalue weighted by Crippen LogP contribution is 2.25. The van der Waals surface area contributed by atoms with Crippen LogP contribution in [0.4, 0.5) is 5.69 Å². The van der Waals surface area contributed by atoms with Gasteiger partial charge in [-0.3, -0.25) is 9.59 Å². The van der Waals surface area contributed by atoms with Crippen LogP contribution < -0.4 is 15.4 Å². The summed E-state index contributed by atoms with van der Waals surface area (Å²) in [4.78, 5) is 23.2. The molecule has 0 aliphatic carbocycles. The van der Waals surface area contributed by atoms with Crippen LogP contribution in [-0.2, 0) is 9.59 Å². The number of hydrogen-bond acceptors (Lipinski definition) is 3. The number of ether oxygens (including phenoxy) is 1. The molecular formula is C14H20N2O3. The van der Waals surface area contributed by atoms with Crippen LogP contribution >= 0.6 is 0 Å². The molecule has 19 heavy (non-hydrogen) atoms. The second-order valence-electron chi connectivity index (χ2n) is 4.65. The number of methoxy groups -OCH3 is 1. The van der Waals surface area contributed by atoms with Crippen molar-refractivity contribution < 1.29 is 14.3 Å². The van der Waals surface area contributed by atoms with E-state index < -0.39 is 0 Å². The zero-order chi connectivity index (χ0) is 14.4. The molecule has 0 spiro atoms. The molecule has 0 aromatic heterocycles. The van der Waals surface area contributed by atoms with Crippen molar-refractivity contribution in [3.63, 3.8) is 0 Å². The number of carbonyl (C=O) groups is 2. The van der Waals surface area contributed by atoms with Gasteiger partial charge in [0, 0.05) is 6.04 Å². The fraction of sp³-hybridized carbons (Fsp3) is 0.429. The molecule has 1 aromatic carbocycles. The lowest BCUT2D eigenvalue weighted by atomic mass is 10.2. The molecule has 1 aromatic rings. The zero-order valence-corrected chi connectivity index (χ0v) is 11.7. The maximum atomic E-state index is 11.8. The fourth-order valence-corrected chi connectivity index (χ4v) is 1.63. The summed E-state index contributed by atoms with van der Waals surface area (Å²) in [6.45, 7) is 5.61. The minimum atomic E-state index is -0.359. The van der Waals surface area contributed by atoms with Crippen LogP contribution in [0.3, 0.4) is 0 Å². The number of rotatable bonds is 5. The SMILES string of the molecule is COc1ccc(C)cc1NC(=O)CC(=O)NC(C)C. The Balaban J connectivity index is 2.66. The van der Waals surface area contributed by atoms with E-state index in [-0.39, 0.29) is 24.3 Å². The molecule has 0 radical (unpaired) electrons. The number of hydrogen-bond donors (Lipinski definition) is 2. The van der Waals surface area contributed by atoms with E-state index >= 15 is 0 Å². The third-order valence-corrected chi connectivity index (χ3v) is 2.40. The molecule has 0 atom stereocenters. The van der Waals surface area contributed by atoms with Crippen LogP contribution in [0.1, 0.15) is 25.8 Å². The van der Waals surface area contributed by atoms with Crippen molar-refractivity contribution in [3.05, 3.63) is 23.8 Å². The van der Waals surface area contributed by atoms with Crippen LogP contribution in [0.2, 0.25) is 0 Å². The van der Waals surface area contributed by atoms with Gasteiger partial charge in [-0.1, -0.05) is 6.07 Å². The van der Waals surface area contributed by atoms with Crippen molar-refractivity contribution in [3.8, 4) is 5.75 Å². The Bertz CT molecular complexity index is 470. The molecule has 0 fully saturated rings. The quantitative estimate of drug-likeness (QED) is 0.798. The highest BCUT2D eigenvalue weighted by Gasteiger charge is 2.12. The van der Waals surface area contributed by atoms with Crippen molar-refractivity contribution in [2.75, 3.05) is 12.4 Å². The van der Waals surface area contributed by atoms with Gasteiger partial charge in [0.25, 0.3) is 0 Å². The summed E-state index contributed by atoms with van der Waals surface area (Å²) < 4.78 is 5.16. The monoisotopic (exact) mass is 264 g/mol. The third-order valence-electron chi connectivity index (χ3n) is 2.40. The average Bonchev–Trinajstić information content (AvgIpc) is 2.27. The van der Waals surface area contributed by atoms with E-state index in [2.05, 4.69) is 10.6 Å². The second kappa shape index (κ2) is 6.78. The maximum absolute atomic E-state index is 11.8. The average molecular weight is 264 g/mol. The van der Waals surface area contributed by atoms with Gasteiger partial charge in [-0.25, -0.2) is 0 Å². The summed E-state index contributed by atoms with van der Waals surface area (Å²) in [5.41, 5.74) is 1.58. The van der Waals surface area contributed by atoms with Gasteiger partial charge >= 0.3 is 0 Å². The number of amides is 2. The lowest BCUT2D eigenvalue weighted by Gasteiger charge is -2.12. The standard InChI is InChI=1S/C14H20N2O3/c1-9(2)15-13(17)8-14(18)16-11-7-10(3)5-6-12(11)19-4/h5-7,9H,8H2,1-4H3,(H,15,17)(H,16,18). The van der Waals surface area contributed by atoms with Gasteiger partial charge in [-0.05, 0) is 38.5 Å². The Kier molecular flexibility index (Phi) is 5.36. The van der Waals surface area contributed by atoms with E-state index in [1.807, 2.05) is 26.8 Å². The first-order chi connectivity index (χ1) is 8.92. The molecular weight excluding hydrogens is 244 g/mol. The molecule has 5 nitrogen and oxygen atoms in total. The summed E-state index contributed by atoms with van der Waals surface area (Å²) in [5, 5.41) is 5.35. The highest BCUT2D eigenvalue weighted by molar-refractivity contribution is 6.04. The van der Waals surface area contributed by atoms with Gasteiger partial charge < -0.3 is 15.4 Å². The first-order valence-corrected chi connectivity index (χ1v) is 6.16. The highest BCUT2D eigenvalue weighted by atomic mass is 16.5. The first-order valence-electron chi connectivity index (χ1n) is 6.16. The normalized spacial score (nSPS) is 10.2. The Labute approximate surface area is 113 Å². The largest absolute Gasteiger partial charge is 0.495 e. The lowest BCUT2D eigenvalue weighted by Crippen LogP contribution is -2.33. The molecule has 104 valence electrons. The Morgan fingerprint density at radius 3 is 2.53 bits per heavy atom. The first kappa shape index (κ1) is 15.0. The molecule has 0 aliphatic rings. The number of nitrogens with one attached hydrogen (secondary N) is 2. The van der Waals surface area contributed by atoms with Crippen molar-refractivity contribution in [2.24, 2.45) is 0 Å². The summed E-state index contributed by atoms with van der Waals surface area (Å²) in [6.07, 6.45) is -0.199. The van der Waals surface area contributed by atoms with E-state index in [1.54, 1.807) is 12.1 Å². The van der Waals surface area contributed by atoms with Gasteiger partial charge in [-0.2, -0.15) is 0 Å². The van der Waals surface area contributed by atoms with Crippen molar-refractivity contribution in [1.82, 2.24) is 5.32 Å². The smallest absolute Gasteiger partial charge is 0.233 e. The van der Waals surface area contributed by atoms with Crippen LogP contribution in [0.25, 0.3) is 0 Å². The Morgan fingerprint density at radius 2 is 1.95 bits per heavy atom. The van der Waals surface area contributed by atoms with E-state index in [0.29, 0.717) is 11.4 Å². The van der Waals surface area contributed by atoms with E-state index in [9.17, 15) is 9.59 Å². The summed E-state index contributed by atoms with van der Waals surface area (Å²) in [5.74, 6) is -0.0793. The Hall–Kier alpha value is -2.04. The molecule has 5 heteroatoms. The molecule has 0 bridgehead atoms. The predicted molar refractivity (Wildman–Crippen MR) is 74.3 cm³/mol. The minimum absolute atomic E-state index is 0.0220. The molecule has 2 N–H and O–H groups in total. The third kappa shape index (κ3) is 4.99. The van der Waals surface area contributed by atoms with Crippen molar-refractivity contribution >= 4 is 17.5 Å².